The molecule has 3 aliphatic rings. The van der Waals surface area contributed by atoms with Crippen LogP contribution in [0.25, 0.3) is 21.9 Å². The molecule has 3 aromatic carbocycles. The zero-order valence-corrected chi connectivity index (χ0v) is 15.1. The normalized spacial score (nSPS) is 28.8. The van der Waals surface area contributed by atoms with Crippen LogP contribution < -0.4 is 0 Å². The number of fused-ring (bicyclic) bond motifs is 5. The first-order chi connectivity index (χ1) is 12.8. The Morgan fingerprint density at radius 1 is 0.846 bits per heavy atom. The summed E-state index contributed by atoms with van der Waals surface area (Å²) < 4.78 is 0. The van der Waals surface area contributed by atoms with Crippen molar-refractivity contribution in [1.29, 1.82) is 0 Å². The fourth-order valence-corrected chi connectivity index (χ4v) is 6.08. The molecule has 0 saturated heterocycles. The molecule has 1 saturated carbocycles. The monoisotopic (exact) mass is 336 g/mol. The summed E-state index contributed by atoms with van der Waals surface area (Å²) in [5.41, 5.74) is 6.47. The molecule has 3 unspecified atom stereocenters. The van der Waals surface area contributed by atoms with Crippen molar-refractivity contribution in [2.45, 2.75) is 32.1 Å². The van der Waals surface area contributed by atoms with E-state index in [0.717, 1.165) is 11.8 Å². The van der Waals surface area contributed by atoms with E-state index in [-0.39, 0.29) is 0 Å². The van der Waals surface area contributed by atoms with Crippen molar-refractivity contribution in [3.05, 3.63) is 83.9 Å². The standard InChI is InChI=1S/C26H24/c1-2-5-19(6-3-1)24-8-4-7-21-14-22-17-26(12-11-20(22)15-25(21)24)16-18-9-10-23(26)13-18/h1-10,14-15,18,23H,11-13,16-17H2. The average molecular weight is 336 g/mol. The molecular formula is C26H24. The van der Waals surface area contributed by atoms with Gasteiger partial charge in [-0.3, -0.25) is 0 Å². The Labute approximate surface area is 155 Å². The molecule has 0 nitrogen and oxygen atoms in total. The van der Waals surface area contributed by atoms with E-state index >= 15 is 0 Å². The summed E-state index contributed by atoms with van der Waals surface area (Å²) in [6.45, 7) is 0. The highest BCUT2D eigenvalue weighted by molar-refractivity contribution is 5.97. The highest BCUT2D eigenvalue weighted by Gasteiger charge is 2.49. The van der Waals surface area contributed by atoms with Crippen LogP contribution in [0.15, 0.2) is 72.8 Å². The van der Waals surface area contributed by atoms with Gasteiger partial charge in [0.15, 0.2) is 0 Å². The van der Waals surface area contributed by atoms with Gasteiger partial charge in [-0.1, -0.05) is 72.8 Å². The maximum absolute atomic E-state index is 2.54. The maximum Gasteiger partial charge on any atom is -0.0102 e. The van der Waals surface area contributed by atoms with Gasteiger partial charge in [-0.2, -0.15) is 0 Å². The quantitative estimate of drug-likeness (QED) is 0.440. The second kappa shape index (κ2) is 5.33. The molecule has 0 aliphatic heterocycles. The molecular weight excluding hydrogens is 312 g/mol. The number of allylic oxidation sites excluding steroid dienone is 2. The molecule has 3 aromatic rings. The Balaban J connectivity index is 1.47. The Bertz CT molecular complexity index is 1030. The maximum atomic E-state index is 2.54. The van der Waals surface area contributed by atoms with Gasteiger partial charge in [-0.25, -0.2) is 0 Å². The minimum atomic E-state index is 0.567. The van der Waals surface area contributed by atoms with Crippen LogP contribution in [0.3, 0.4) is 0 Å². The number of hydrogen-bond donors (Lipinski definition) is 0. The number of benzene rings is 3. The first-order valence-electron chi connectivity index (χ1n) is 10.1. The summed E-state index contributed by atoms with van der Waals surface area (Å²) >= 11 is 0. The molecule has 26 heavy (non-hydrogen) atoms. The topological polar surface area (TPSA) is 0 Å². The van der Waals surface area contributed by atoms with Crippen LogP contribution in [-0.2, 0) is 12.8 Å². The Kier molecular flexibility index (Phi) is 3.03. The summed E-state index contributed by atoms with van der Waals surface area (Å²) in [4.78, 5) is 0. The van der Waals surface area contributed by atoms with E-state index in [0.29, 0.717) is 5.41 Å². The molecule has 0 heteroatoms. The zero-order valence-electron chi connectivity index (χ0n) is 15.1. The number of rotatable bonds is 1. The Hall–Kier alpha value is -2.34. The van der Waals surface area contributed by atoms with Crippen molar-refractivity contribution < 1.29 is 0 Å². The number of aryl methyl sites for hydroxylation is 1. The fourth-order valence-electron chi connectivity index (χ4n) is 6.08. The molecule has 3 atom stereocenters. The predicted molar refractivity (Wildman–Crippen MR) is 109 cm³/mol. The smallest absolute Gasteiger partial charge is 0.0102 e. The summed E-state index contributed by atoms with van der Waals surface area (Å²) in [6, 6.07) is 22.6. The van der Waals surface area contributed by atoms with Gasteiger partial charge in [-0.05, 0) is 82.4 Å². The van der Waals surface area contributed by atoms with E-state index in [4.69, 9.17) is 0 Å². The Morgan fingerprint density at radius 2 is 1.77 bits per heavy atom. The summed E-state index contributed by atoms with van der Waals surface area (Å²) in [5.74, 6) is 1.71. The summed E-state index contributed by atoms with van der Waals surface area (Å²) in [6.07, 6.45) is 11.8. The summed E-state index contributed by atoms with van der Waals surface area (Å²) in [5, 5.41) is 2.82. The van der Waals surface area contributed by atoms with Crippen LogP contribution in [0.5, 0.6) is 0 Å². The largest absolute Gasteiger partial charge is 0.0851 e. The predicted octanol–water partition coefficient (Wildman–Crippen LogP) is 6.58. The van der Waals surface area contributed by atoms with Gasteiger partial charge in [-0.15, -0.1) is 0 Å². The van der Waals surface area contributed by atoms with Crippen LogP contribution in [0, 0.1) is 17.3 Å². The van der Waals surface area contributed by atoms with Gasteiger partial charge in [0.2, 0.25) is 0 Å². The molecule has 3 aliphatic carbocycles. The van der Waals surface area contributed by atoms with Gasteiger partial charge in [0.1, 0.15) is 0 Å². The SMILES string of the molecule is C1=CC2CC1CC21CCc2cc3c(-c4ccccc4)cccc3cc2C1. The highest BCUT2D eigenvalue weighted by atomic mass is 14.5. The van der Waals surface area contributed by atoms with Crippen LogP contribution >= 0.6 is 0 Å². The lowest BCUT2D eigenvalue weighted by atomic mass is 9.64. The Morgan fingerprint density at radius 3 is 2.58 bits per heavy atom. The van der Waals surface area contributed by atoms with Crippen molar-refractivity contribution in [1.82, 2.24) is 0 Å². The van der Waals surface area contributed by atoms with Crippen molar-refractivity contribution >= 4 is 10.8 Å². The third-order valence-corrected chi connectivity index (χ3v) is 7.35. The molecule has 1 fully saturated rings. The lowest BCUT2D eigenvalue weighted by Gasteiger charge is -2.40. The third kappa shape index (κ3) is 2.08. The lowest BCUT2D eigenvalue weighted by molar-refractivity contribution is 0.195. The van der Waals surface area contributed by atoms with Crippen LogP contribution in [0.4, 0.5) is 0 Å². The van der Waals surface area contributed by atoms with E-state index in [1.807, 2.05) is 0 Å². The van der Waals surface area contributed by atoms with Gasteiger partial charge in [0.25, 0.3) is 0 Å². The second-order valence-corrected chi connectivity index (χ2v) is 8.74. The second-order valence-electron chi connectivity index (χ2n) is 8.74. The van der Waals surface area contributed by atoms with Crippen LogP contribution in [0.2, 0.25) is 0 Å². The van der Waals surface area contributed by atoms with Crippen LogP contribution in [-0.4, -0.2) is 0 Å². The van der Waals surface area contributed by atoms with Crippen molar-refractivity contribution in [3.63, 3.8) is 0 Å². The average Bonchev–Trinajstić information content (AvgIpc) is 3.28. The van der Waals surface area contributed by atoms with Gasteiger partial charge in [0, 0.05) is 0 Å². The van der Waals surface area contributed by atoms with Crippen molar-refractivity contribution in [2.75, 3.05) is 0 Å². The zero-order chi connectivity index (χ0) is 17.1. The van der Waals surface area contributed by atoms with Crippen molar-refractivity contribution in [3.8, 4) is 11.1 Å². The molecule has 6 rings (SSSR count). The van der Waals surface area contributed by atoms with E-state index in [1.165, 1.54) is 54.0 Å². The number of hydrogen-bond acceptors (Lipinski definition) is 0. The van der Waals surface area contributed by atoms with Crippen LogP contribution in [0.1, 0.15) is 30.4 Å². The first-order valence-corrected chi connectivity index (χ1v) is 10.1. The first kappa shape index (κ1) is 14.8. The highest BCUT2D eigenvalue weighted by Crippen LogP contribution is 2.58. The molecule has 2 bridgehead atoms. The summed E-state index contributed by atoms with van der Waals surface area (Å²) in [7, 11) is 0. The van der Waals surface area contributed by atoms with Gasteiger partial charge >= 0.3 is 0 Å². The molecule has 0 N–H and O–H groups in total. The molecule has 0 heterocycles. The third-order valence-electron chi connectivity index (χ3n) is 7.35. The lowest BCUT2D eigenvalue weighted by Crippen LogP contribution is -2.32. The molecule has 0 aromatic heterocycles. The van der Waals surface area contributed by atoms with E-state index < -0.39 is 0 Å². The molecule has 0 radical (unpaired) electrons. The van der Waals surface area contributed by atoms with E-state index in [2.05, 4.69) is 72.8 Å². The minimum Gasteiger partial charge on any atom is -0.0851 e. The fraction of sp³-hybridized carbons (Fsp3) is 0.308. The van der Waals surface area contributed by atoms with E-state index in [1.54, 1.807) is 11.1 Å². The van der Waals surface area contributed by atoms with Crippen molar-refractivity contribution in [2.24, 2.45) is 17.3 Å². The minimum absolute atomic E-state index is 0.567. The molecule has 128 valence electrons. The molecule has 0 amide bonds. The van der Waals surface area contributed by atoms with Gasteiger partial charge < -0.3 is 0 Å². The van der Waals surface area contributed by atoms with E-state index in [9.17, 15) is 0 Å². The molecule has 1 spiro atoms. The van der Waals surface area contributed by atoms with Gasteiger partial charge in [0.05, 0.1) is 0 Å².